The molecule has 102 valence electrons. The number of carbonyl (C=O) groups excluding carboxylic acids is 1. The average Bonchev–Trinajstić information content (AvgIpc) is 2.70. The summed E-state index contributed by atoms with van der Waals surface area (Å²) in [7, 11) is 0. The largest absolute Gasteiger partial charge is 0.393 e. The van der Waals surface area contributed by atoms with Gasteiger partial charge in [-0.25, -0.2) is 9.18 Å². The van der Waals surface area contributed by atoms with Crippen LogP contribution in [-0.2, 0) is 4.74 Å². The van der Waals surface area contributed by atoms with Crippen molar-refractivity contribution >= 4 is 11.7 Å². The lowest BCUT2D eigenvalue weighted by atomic mass is 10.3. The van der Waals surface area contributed by atoms with Crippen LogP contribution in [0.4, 0.5) is 10.2 Å². The second-order valence-electron chi connectivity index (χ2n) is 3.85. The van der Waals surface area contributed by atoms with E-state index in [1.165, 1.54) is 0 Å². The number of carbonyl (C=O) groups is 1. The zero-order valence-corrected chi connectivity index (χ0v) is 9.62. The summed E-state index contributed by atoms with van der Waals surface area (Å²) in [6, 6.07) is 0. The summed E-state index contributed by atoms with van der Waals surface area (Å²) in [6.45, 7) is -0.441. The molecule has 19 heavy (non-hydrogen) atoms. The molecule has 0 unspecified atom stereocenters. The number of nitrogen functional groups attached to an aromatic ring is 1. The van der Waals surface area contributed by atoms with E-state index in [2.05, 4.69) is 4.98 Å². The van der Waals surface area contributed by atoms with Crippen molar-refractivity contribution in [2.45, 2.75) is 12.3 Å². The SMILES string of the molecule is NC(=O)c1cn([C@@H]2O[C@H](CO)C=C2F)c(=O)nc1N. The van der Waals surface area contributed by atoms with Gasteiger partial charge in [-0.05, 0) is 6.08 Å². The first kappa shape index (κ1) is 13.2. The lowest BCUT2D eigenvalue weighted by molar-refractivity contribution is -0.0214. The maximum Gasteiger partial charge on any atom is 0.352 e. The molecule has 0 spiro atoms. The second kappa shape index (κ2) is 4.78. The molecule has 0 aromatic carbocycles. The number of primary amides is 1. The Morgan fingerprint density at radius 1 is 1.63 bits per heavy atom. The van der Waals surface area contributed by atoms with Crippen molar-refractivity contribution < 1.29 is 19.0 Å². The lowest BCUT2D eigenvalue weighted by Gasteiger charge is -2.16. The summed E-state index contributed by atoms with van der Waals surface area (Å²) in [4.78, 5) is 26.1. The normalized spacial score (nSPS) is 22.3. The first-order valence-electron chi connectivity index (χ1n) is 5.26. The van der Waals surface area contributed by atoms with Crippen molar-refractivity contribution in [2.24, 2.45) is 5.73 Å². The van der Waals surface area contributed by atoms with Crippen LogP contribution in [0.2, 0.25) is 0 Å². The number of anilines is 1. The van der Waals surface area contributed by atoms with Gasteiger partial charge in [0.15, 0.2) is 6.23 Å². The van der Waals surface area contributed by atoms with Gasteiger partial charge in [-0.1, -0.05) is 0 Å². The van der Waals surface area contributed by atoms with Crippen LogP contribution >= 0.6 is 0 Å². The number of aromatic nitrogens is 2. The first-order chi connectivity index (χ1) is 8.93. The predicted molar refractivity (Wildman–Crippen MR) is 61.6 cm³/mol. The molecule has 1 aliphatic heterocycles. The predicted octanol–water partition coefficient (Wildman–Crippen LogP) is -1.33. The van der Waals surface area contributed by atoms with Crippen molar-refractivity contribution in [1.82, 2.24) is 9.55 Å². The molecule has 0 fully saturated rings. The maximum absolute atomic E-state index is 13.6. The standard InChI is InChI=1S/C10H11FN4O4/c11-6-1-4(3-16)19-9(6)15-2-5(8(13)17)7(12)14-10(15)18/h1-2,4,9,16H,3H2,(H2,13,17)(H2,12,14,18)/t4-,9+/m0/s1. The molecule has 2 atom stereocenters. The van der Waals surface area contributed by atoms with E-state index in [9.17, 15) is 14.0 Å². The number of nitrogens with two attached hydrogens (primary N) is 2. The molecule has 0 saturated heterocycles. The van der Waals surface area contributed by atoms with E-state index in [4.69, 9.17) is 21.3 Å². The molecule has 0 radical (unpaired) electrons. The van der Waals surface area contributed by atoms with Crippen LogP contribution in [0.25, 0.3) is 0 Å². The summed E-state index contributed by atoms with van der Waals surface area (Å²) in [5, 5.41) is 8.87. The van der Waals surface area contributed by atoms with E-state index in [0.29, 0.717) is 0 Å². The van der Waals surface area contributed by atoms with Crippen LogP contribution in [0, 0.1) is 0 Å². The van der Waals surface area contributed by atoms with Crippen molar-refractivity contribution in [3.63, 3.8) is 0 Å². The van der Waals surface area contributed by atoms with E-state index in [-0.39, 0.29) is 11.4 Å². The molecule has 2 heterocycles. The maximum atomic E-state index is 13.6. The van der Waals surface area contributed by atoms with Crippen LogP contribution in [0.1, 0.15) is 16.6 Å². The van der Waals surface area contributed by atoms with Gasteiger partial charge in [0.1, 0.15) is 17.7 Å². The summed E-state index contributed by atoms with van der Waals surface area (Å²) >= 11 is 0. The number of hydrogen-bond donors (Lipinski definition) is 3. The van der Waals surface area contributed by atoms with E-state index in [1.807, 2.05) is 0 Å². The number of halogens is 1. The summed E-state index contributed by atoms with van der Waals surface area (Å²) < 4.78 is 19.4. The highest BCUT2D eigenvalue weighted by Gasteiger charge is 2.30. The highest BCUT2D eigenvalue weighted by Crippen LogP contribution is 2.28. The zero-order chi connectivity index (χ0) is 14.2. The van der Waals surface area contributed by atoms with Gasteiger partial charge < -0.3 is 21.3 Å². The van der Waals surface area contributed by atoms with Crippen LogP contribution < -0.4 is 17.2 Å². The number of aliphatic hydroxyl groups is 1. The van der Waals surface area contributed by atoms with Crippen LogP contribution in [0.15, 0.2) is 22.9 Å². The Bertz CT molecular complexity index is 612. The van der Waals surface area contributed by atoms with Crippen molar-refractivity contribution in [3.05, 3.63) is 34.1 Å². The molecule has 1 aromatic rings. The number of amides is 1. The lowest BCUT2D eigenvalue weighted by Crippen LogP contribution is -2.31. The number of rotatable bonds is 3. The molecular weight excluding hydrogens is 259 g/mol. The molecule has 5 N–H and O–H groups in total. The van der Waals surface area contributed by atoms with Crippen molar-refractivity contribution in [3.8, 4) is 0 Å². The minimum absolute atomic E-state index is 0.219. The summed E-state index contributed by atoms with van der Waals surface area (Å²) in [5.74, 6) is -2.02. The van der Waals surface area contributed by atoms with Gasteiger partial charge in [0.25, 0.3) is 5.91 Å². The van der Waals surface area contributed by atoms with Gasteiger partial charge in [-0.3, -0.25) is 9.36 Å². The summed E-state index contributed by atoms with van der Waals surface area (Å²) in [6.07, 6.45) is -0.260. The molecule has 0 aliphatic carbocycles. The Labute approximate surface area is 106 Å². The Morgan fingerprint density at radius 2 is 2.32 bits per heavy atom. The fraction of sp³-hybridized carbons (Fsp3) is 0.300. The minimum atomic E-state index is -1.39. The average molecular weight is 270 g/mol. The second-order valence-corrected chi connectivity index (χ2v) is 3.85. The van der Waals surface area contributed by atoms with Gasteiger partial charge in [-0.15, -0.1) is 0 Å². The van der Waals surface area contributed by atoms with Gasteiger partial charge in [0, 0.05) is 6.20 Å². The number of ether oxygens (including phenoxy) is 1. The monoisotopic (exact) mass is 270 g/mol. The van der Waals surface area contributed by atoms with Gasteiger partial charge in [-0.2, -0.15) is 4.98 Å². The molecule has 2 rings (SSSR count). The molecular formula is C10H11FN4O4. The fourth-order valence-corrected chi connectivity index (χ4v) is 1.66. The highest BCUT2D eigenvalue weighted by atomic mass is 19.1. The third kappa shape index (κ3) is 2.33. The molecule has 1 aliphatic rings. The van der Waals surface area contributed by atoms with Crippen LogP contribution in [0.3, 0.4) is 0 Å². The van der Waals surface area contributed by atoms with E-state index in [0.717, 1.165) is 16.8 Å². The Balaban J connectivity index is 2.47. The van der Waals surface area contributed by atoms with E-state index < -0.39 is 36.4 Å². The summed E-state index contributed by atoms with van der Waals surface area (Å²) in [5.41, 5.74) is 9.31. The van der Waals surface area contributed by atoms with Gasteiger partial charge >= 0.3 is 5.69 Å². The molecule has 0 bridgehead atoms. The van der Waals surface area contributed by atoms with Crippen LogP contribution in [-0.4, -0.2) is 33.3 Å². The quantitative estimate of drug-likeness (QED) is 0.623. The first-order valence-corrected chi connectivity index (χ1v) is 5.26. The number of nitrogens with zero attached hydrogens (tertiary/aromatic N) is 2. The number of hydrogen-bond acceptors (Lipinski definition) is 6. The Hall–Kier alpha value is -2.26. The van der Waals surface area contributed by atoms with Crippen molar-refractivity contribution in [1.29, 1.82) is 0 Å². The molecule has 1 amide bonds. The van der Waals surface area contributed by atoms with Crippen LogP contribution in [0.5, 0.6) is 0 Å². The highest BCUT2D eigenvalue weighted by molar-refractivity contribution is 5.96. The molecule has 1 aromatic heterocycles. The van der Waals surface area contributed by atoms with Gasteiger partial charge in [0.2, 0.25) is 0 Å². The molecule has 9 heteroatoms. The zero-order valence-electron chi connectivity index (χ0n) is 9.62. The molecule has 8 nitrogen and oxygen atoms in total. The minimum Gasteiger partial charge on any atom is -0.393 e. The van der Waals surface area contributed by atoms with Gasteiger partial charge in [0.05, 0.1) is 12.2 Å². The van der Waals surface area contributed by atoms with E-state index in [1.54, 1.807) is 0 Å². The van der Waals surface area contributed by atoms with Crippen molar-refractivity contribution in [2.75, 3.05) is 12.3 Å². The third-order valence-electron chi connectivity index (χ3n) is 2.56. The fourth-order valence-electron chi connectivity index (χ4n) is 1.66. The Morgan fingerprint density at radius 3 is 2.84 bits per heavy atom. The number of aliphatic hydroxyl groups excluding tert-OH is 1. The van der Waals surface area contributed by atoms with E-state index >= 15 is 0 Å². The topological polar surface area (TPSA) is 133 Å². The molecule has 0 saturated carbocycles. The third-order valence-corrected chi connectivity index (χ3v) is 2.56. The Kier molecular flexibility index (Phi) is 3.32. The smallest absolute Gasteiger partial charge is 0.352 e.